The van der Waals surface area contributed by atoms with Crippen LogP contribution in [0.4, 0.5) is 8.78 Å². The topological polar surface area (TPSA) is 30.3 Å². The molecule has 0 radical (unpaired) electrons. The molecule has 2 heterocycles. The van der Waals surface area contributed by atoms with Crippen LogP contribution in [0.3, 0.4) is 0 Å². The van der Waals surface area contributed by atoms with Gasteiger partial charge in [-0.25, -0.2) is 13.8 Å². The Morgan fingerprint density at radius 2 is 2.15 bits per heavy atom. The lowest BCUT2D eigenvalue weighted by Crippen LogP contribution is -2.43. The summed E-state index contributed by atoms with van der Waals surface area (Å²) in [6, 6.07) is 2.32. The number of halogens is 2. The van der Waals surface area contributed by atoms with Gasteiger partial charge in [0, 0.05) is 25.2 Å². The molecule has 1 fully saturated rings. The van der Waals surface area contributed by atoms with Crippen molar-refractivity contribution in [3.05, 3.63) is 30.1 Å². The largest absolute Gasteiger partial charge is 0.374 e. The molecule has 108 valence electrons. The molecule has 0 saturated carbocycles. The van der Waals surface area contributed by atoms with Crippen LogP contribution in [0.25, 0.3) is 11.0 Å². The third-order valence-corrected chi connectivity index (χ3v) is 3.73. The van der Waals surface area contributed by atoms with Crippen LogP contribution < -0.4 is 0 Å². The average Bonchev–Trinajstić information content (AvgIpc) is 2.82. The van der Waals surface area contributed by atoms with Gasteiger partial charge in [0.2, 0.25) is 0 Å². The number of rotatable bonds is 3. The van der Waals surface area contributed by atoms with E-state index in [1.165, 1.54) is 6.07 Å². The summed E-state index contributed by atoms with van der Waals surface area (Å²) in [5.41, 5.74) is 1.06. The highest BCUT2D eigenvalue weighted by Crippen LogP contribution is 2.18. The molecule has 0 spiro atoms. The van der Waals surface area contributed by atoms with Crippen molar-refractivity contribution >= 4 is 11.0 Å². The van der Waals surface area contributed by atoms with E-state index in [4.69, 9.17) is 4.74 Å². The van der Waals surface area contributed by atoms with Crippen molar-refractivity contribution in [2.75, 3.05) is 26.2 Å². The van der Waals surface area contributed by atoms with Crippen LogP contribution in [0.15, 0.2) is 18.5 Å². The minimum absolute atomic E-state index is 0.0502. The van der Waals surface area contributed by atoms with E-state index in [9.17, 15) is 8.78 Å². The van der Waals surface area contributed by atoms with Gasteiger partial charge in [0.15, 0.2) is 11.6 Å². The molecule has 0 N–H and O–H groups in total. The van der Waals surface area contributed by atoms with Crippen molar-refractivity contribution in [2.45, 2.75) is 19.6 Å². The summed E-state index contributed by atoms with van der Waals surface area (Å²) in [6.45, 7) is 6.20. The fraction of sp³-hybridized carbons (Fsp3) is 0.500. The monoisotopic (exact) mass is 281 g/mol. The molecule has 20 heavy (non-hydrogen) atoms. The van der Waals surface area contributed by atoms with E-state index >= 15 is 0 Å². The van der Waals surface area contributed by atoms with Crippen molar-refractivity contribution in [1.82, 2.24) is 14.5 Å². The molecule has 2 aromatic rings. The summed E-state index contributed by atoms with van der Waals surface area (Å²) in [5, 5.41) is 0. The first-order valence-electron chi connectivity index (χ1n) is 6.81. The second kappa shape index (κ2) is 5.46. The number of nitrogens with zero attached hydrogens (tertiary/aromatic N) is 3. The van der Waals surface area contributed by atoms with Gasteiger partial charge in [-0.05, 0) is 6.54 Å². The maximum Gasteiger partial charge on any atom is 0.161 e. The molecule has 1 atom stereocenters. The zero-order chi connectivity index (χ0) is 14.1. The normalized spacial score (nSPS) is 20.6. The van der Waals surface area contributed by atoms with Crippen LogP contribution in [0.1, 0.15) is 6.92 Å². The Balaban J connectivity index is 1.82. The van der Waals surface area contributed by atoms with E-state index in [1.54, 1.807) is 6.33 Å². The molecule has 0 aliphatic carbocycles. The number of aromatic nitrogens is 2. The number of hydrogen-bond donors (Lipinski definition) is 0. The van der Waals surface area contributed by atoms with E-state index in [0.717, 1.165) is 25.7 Å². The number of benzene rings is 1. The van der Waals surface area contributed by atoms with Crippen LogP contribution in [0.2, 0.25) is 0 Å². The maximum absolute atomic E-state index is 13.3. The van der Waals surface area contributed by atoms with Gasteiger partial charge >= 0.3 is 0 Å². The predicted molar refractivity (Wildman–Crippen MR) is 71.5 cm³/mol. The molecule has 1 saturated heterocycles. The summed E-state index contributed by atoms with van der Waals surface area (Å²) in [7, 11) is 0. The molecule has 0 bridgehead atoms. The second-order valence-corrected chi connectivity index (χ2v) is 5.04. The predicted octanol–water partition coefficient (Wildman–Crippen LogP) is 2.04. The first kappa shape index (κ1) is 13.5. The fourth-order valence-electron chi connectivity index (χ4n) is 2.60. The smallest absolute Gasteiger partial charge is 0.161 e. The molecule has 0 amide bonds. The number of hydrogen-bond acceptors (Lipinski definition) is 3. The summed E-state index contributed by atoms with van der Waals surface area (Å²) >= 11 is 0. The zero-order valence-electron chi connectivity index (χ0n) is 11.4. The zero-order valence-corrected chi connectivity index (χ0v) is 11.4. The number of fused-ring (bicyclic) bond motifs is 1. The van der Waals surface area contributed by atoms with E-state index < -0.39 is 11.6 Å². The molecule has 4 nitrogen and oxygen atoms in total. The van der Waals surface area contributed by atoms with E-state index in [-0.39, 0.29) is 6.10 Å². The quantitative estimate of drug-likeness (QED) is 0.862. The summed E-state index contributed by atoms with van der Waals surface area (Å²) in [4.78, 5) is 6.43. The Hall–Kier alpha value is -1.53. The van der Waals surface area contributed by atoms with Gasteiger partial charge in [-0.2, -0.15) is 0 Å². The summed E-state index contributed by atoms with van der Waals surface area (Å²) < 4.78 is 34.1. The van der Waals surface area contributed by atoms with E-state index in [1.807, 2.05) is 4.57 Å². The highest BCUT2D eigenvalue weighted by Gasteiger charge is 2.20. The van der Waals surface area contributed by atoms with Crippen LogP contribution in [0.5, 0.6) is 0 Å². The number of likely N-dealkylation sites (N-methyl/N-ethyl adjacent to an activating group) is 1. The number of morpholine rings is 1. The maximum atomic E-state index is 13.3. The lowest BCUT2D eigenvalue weighted by Gasteiger charge is -2.32. The molecule has 1 aliphatic rings. The third-order valence-electron chi connectivity index (χ3n) is 3.73. The molecule has 1 aliphatic heterocycles. The Labute approximate surface area is 116 Å². The summed E-state index contributed by atoms with van der Waals surface area (Å²) in [5.74, 6) is -1.71. The molecule has 1 aromatic heterocycles. The Morgan fingerprint density at radius 1 is 1.35 bits per heavy atom. The molecular weight excluding hydrogens is 264 g/mol. The minimum atomic E-state index is -0.867. The molecule has 1 aromatic carbocycles. The van der Waals surface area contributed by atoms with Gasteiger partial charge in [-0.1, -0.05) is 6.92 Å². The highest BCUT2D eigenvalue weighted by molar-refractivity contribution is 5.75. The first-order valence-corrected chi connectivity index (χ1v) is 6.81. The SMILES string of the molecule is CCN1CCOC(Cn2cnc3cc(F)c(F)cc32)C1. The van der Waals surface area contributed by atoms with Crippen LogP contribution >= 0.6 is 0 Å². The fourth-order valence-corrected chi connectivity index (χ4v) is 2.60. The molecule has 3 rings (SSSR count). The lowest BCUT2D eigenvalue weighted by atomic mass is 10.2. The summed E-state index contributed by atoms with van der Waals surface area (Å²) in [6.07, 6.45) is 1.66. The third kappa shape index (κ3) is 2.53. The standard InChI is InChI=1S/C14H17F2N3O/c1-2-18-3-4-20-10(7-18)8-19-9-17-13-5-11(15)12(16)6-14(13)19/h5-6,9-10H,2-4,7-8H2,1H3. The average molecular weight is 281 g/mol. The first-order chi connectivity index (χ1) is 9.67. The van der Waals surface area contributed by atoms with Crippen LogP contribution in [-0.2, 0) is 11.3 Å². The molecular formula is C14H17F2N3O. The van der Waals surface area contributed by atoms with Crippen molar-refractivity contribution < 1.29 is 13.5 Å². The van der Waals surface area contributed by atoms with Gasteiger partial charge in [-0.3, -0.25) is 4.90 Å². The van der Waals surface area contributed by atoms with E-state index in [0.29, 0.717) is 24.2 Å². The highest BCUT2D eigenvalue weighted by atomic mass is 19.2. The van der Waals surface area contributed by atoms with Gasteiger partial charge in [0.1, 0.15) is 0 Å². The van der Waals surface area contributed by atoms with Crippen LogP contribution in [-0.4, -0.2) is 46.8 Å². The van der Waals surface area contributed by atoms with Crippen molar-refractivity contribution in [2.24, 2.45) is 0 Å². The second-order valence-electron chi connectivity index (χ2n) is 5.04. The molecule has 6 heteroatoms. The minimum Gasteiger partial charge on any atom is -0.374 e. The van der Waals surface area contributed by atoms with Gasteiger partial charge in [-0.15, -0.1) is 0 Å². The lowest BCUT2D eigenvalue weighted by molar-refractivity contribution is -0.0338. The number of ether oxygens (including phenoxy) is 1. The molecule has 1 unspecified atom stereocenters. The van der Waals surface area contributed by atoms with Crippen molar-refractivity contribution in [3.8, 4) is 0 Å². The van der Waals surface area contributed by atoms with Gasteiger partial charge in [0.05, 0.1) is 36.6 Å². The van der Waals surface area contributed by atoms with Gasteiger partial charge in [0.25, 0.3) is 0 Å². The Bertz CT molecular complexity index is 614. The Kier molecular flexibility index (Phi) is 3.67. The van der Waals surface area contributed by atoms with Crippen molar-refractivity contribution in [1.29, 1.82) is 0 Å². The number of imidazole rings is 1. The van der Waals surface area contributed by atoms with Crippen molar-refractivity contribution in [3.63, 3.8) is 0 Å². The van der Waals surface area contributed by atoms with E-state index in [2.05, 4.69) is 16.8 Å². The van der Waals surface area contributed by atoms with Crippen LogP contribution in [0, 0.1) is 11.6 Å². The van der Waals surface area contributed by atoms with Gasteiger partial charge < -0.3 is 9.30 Å². The Morgan fingerprint density at radius 3 is 2.95 bits per heavy atom.